The molecule has 0 spiro atoms. The molecule has 0 fully saturated rings. The van der Waals surface area contributed by atoms with E-state index in [2.05, 4.69) is 11.8 Å². The third-order valence-corrected chi connectivity index (χ3v) is 1.92. The van der Waals surface area contributed by atoms with Gasteiger partial charge < -0.3 is 0 Å². The molecule has 1 rings (SSSR count). The number of hydrogen-bond acceptors (Lipinski definition) is 0. The van der Waals surface area contributed by atoms with Crippen molar-refractivity contribution in [2.75, 3.05) is 0 Å². The lowest BCUT2D eigenvalue weighted by atomic mass is 10.0. The van der Waals surface area contributed by atoms with Gasteiger partial charge in [-0.1, -0.05) is 6.92 Å². The van der Waals surface area contributed by atoms with Gasteiger partial charge in [-0.25, -0.2) is 8.78 Å². The predicted octanol–water partition coefficient (Wildman–Crippen LogP) is 3.17. The van der Waals surface area contributed by atoms with Crippen LogP contribution in [0.15, 0.2) is 18.2 Å². The number of rotatable bonds is 2. The van der Waals surface area contributed by atoms with Crippen molar-refractivity contribution in [2.45, 2.75) is 20.3 Å². The zero-order chi connectivity index (χ0) is 10.6. The van der Waals surface area contributed by atoms with Crippen LogP contribution in [0.4, 0.5) is 8.78 Å². The van der Waals surface area contributed by atoms with E-state index < -0.39 is 5.82 Å². The van der Waals surface area contributed by atoms with Gasteiger partial charge in [-0.05, 0) is 37.1 Å². The summed E-state index contributed by atoms with van der Waals surface area (Å²) in [6, 6.07) is 3.49. The first-order chi connectivity index (χ1) is 6.63. The van der Waals surface area contributed by atoms with Crippen LogP contribution in [0.1, 0.15) is 19.4 Å². The van der Waals surface area contributed by atoms with Crippen LogP contribution in [-0.2, 0) is 6.42 Å². The van der Waals surface area contributed by atoms with Gasteiger partial charge in [-0.2, -0.15) is 0 Å². The van der Waals surface area contributed by atoms with Gasteiger partial charge in [0.25, 0.3) is 0 Å². The van der Waals surface area contributed by atoms with Crippen LogP contribution in [0.2, 0.25) is 0 Å². The van der Waals surface area contributed by atoms with Crippen molar-refractivity contribution in [3.8, 4) is 11.8 Å². The van der Waals surface area contributed by atoms with Gasteiger partial charge >= 0.3 is 0 Å². The first kappa shape index (κ1) is 10.7. The highest BCUT2D eigenvalue weighted by atomic mass is 19.1. The van der Waals surface area contributed by atoms with Crippen molar-refractivity contribution in [3.63, 3.8) is 0 Å². The van der Waals surface area contributed by atoms with E-state index in [1.165, 1.54) is 6.07 Å². The third kappa shape index (κ3) is 2.85. The van der Waals surface area contributed by atoms with Gasteiger partial charge in [0, 0.05) is 5.92 Å². The minimum absolute atomic E-state index is 0.0521. The topological polar surface area (TPSA) is 0 Å². The minimum Gasteiger partial charge on any atom is -0.207 e. The third-order valence-electron chi connectivity index (χ3n) is 1.92. The van der Waals surface area contributed by atoms with Gasteiger partial charge in [0.1, 0.15) is 11.6 Å². The highest BCUT2D eigenvalue weighted by Gasteiger charge is 2.06. The Morgan fingerprint density at radius 3 is 2.71 bits per heavy atom. The summed E-state index contributed by atoms with van der Waals surface area (Å²) in [5.74, 6) is 4.94. The summed E-state index contributed by atoms with van der Waals surface area (Å²) in [4.78, 5) is 0. The second-order valence-corrected chi connectivity index (χ2v) is 3.24. The molecule has 0 nitrogen and oxygen atoms in total. The van der Waals surface area contributed by atoms with E-state index in [-0.39, 0.29) is 11.7 Å². The standard InChI is InChI=1S/C12H12F2/c1-3-4-9(2)7-10-8-11(13)5-6-12(10)14/h5-6,8-9H,7H2,1-2H3. The molecule has 0 bridgehead atoms. The van der Waals surface area contributed by atoms with Crippen LogP contribution >= 0.6 is 0 Å². The van der Waals surface area contributed by atoms with Crippen molar-refractivity contribution in [2.24, 2.45) is 5.92 Å². The Morgan fingerprint density at radius 1 is 1.36 bits per heavy atom. The molecule has 0 aliphatic carbocycles. The van der Waals surface area contributed by atoms with E-state index in [1.807, 2.05) is 6.92 Å². The van der Waals surface area contributed by atoms with Crippen molar-refractivity contribution in [3.05, 3.63) is 35.4 Å². The summed E-state index contributed by atoms with van der Waals surface area (Å²) in [7, 11) is 0. The highest BCUT2D eigenvalue weighted by molar-refractivity contribution is 5.20. The van der Waals surface area contributed by atoms with E-state index >= 15 is 0 Å². The Balaban J connectivity index is 2.83. The van der Waals surface area contributed by atoms with Crippen LogP contribution in [0.5, 0.6) is 0 Å². The normalized spacial score (nSPS) is 11.7. The average Bonchev–Trinajstić information content (AvgIpc) is 2.12. The number of benzene rings is 1. The molecule has 1 atom stereocenters. The molecule has 74 valence electrons. The molecule has 14 heavy (non-hydrogen) atoms. The molecular formula is C12H12F2. The lowest BCUT2D eigenvalue weighted by Crippen LogP contribution is -2.00. The van der Waals surface area contributed by atoms with Gasteiger partial charge in [0.2, 0.25) is 0 Å². The second-order valence-electron chi connectivity index (χ2n) is 3.24. The monoisotopic (exact) mass is 194 g/mol. The zero-order valence-electron chi connectivity index (χ0n) is 8.27. The summed E-state index contributed by atoms with van der Waals surface area (Å²) in [5.41, 5.74) is 0.389. The smallest absolute Gasteiger partial charge is 0.126 e. The van der Waals surface area contributed by atoms with Crippen molar-refractivity contribution in [1.82, 2.24) is 0 Å². The maximum Gasteiger partial charge on any atom is 0.126 e. The number of halogens is 2. The summed E-state index contributed by atoms with van der Waals surface area (Å²) in [5, 5.41) is 0. The summed E-state index contributed by atoms with van der Waals surface area (Å²) >= 11 is 0. The lowest BCUT2D eigenvalue weighted by Gasteiger charge is -2.05. The maximum absolute atomic E-state index is 13.2. The average molecular weight is 194 g/mol. The van der Waals surface area contributed by atoms with Gasteiger partial charge in [-0.15, -0.1) is 11.8 Å². The van der Waals surface area contributed by atoms with Crippen molar-refractivity contribution in [1.29, 1.82) is 0 Å². The first-order valence-electron chi connectivity index (χ1n) is 4.49. The summed E-state index contributed by atoms with van der Waals surface area (Å²) < 4.78 is 25.9. The Bertz CT molecular complexity index is 372. The van der Waals surface area contributed by atoms with Crippen molar-refractivity contribution < 1.29 is 8.78 Å². The van der Waals surface area contributed by atoms with Gasteiger partial charge in [0.15, 0.2) is 0 Å². The van der Waals surface area contributed by atoms with Crippen LogP contribution < -0.4 is 0 Å². The molecule has 2 heteroatoms. The fraction of sp³-hybridized carbons (Fsp3) is 0.333. The molecule has 0 radical (unpaired) electrons. The van der Waals surface area contributed by atoms with Crippen LogP contribution in [-0.4, -0.2) is 0 Å². The molecule has 0 aliphatic heterocycles. The molecule has 0 N–H and O–H groups in total. The molecule has 1 aromatic rings. The Labute approximate surface area is 83.0 Å². The molecule has 0 heterocycles. The molecular weight excluding hydrogens is 182 g/mol. The lowest BCUT2D eigenvalue weighted by molar-refractivity contribution is 0.574. The summed E-state index contributed by atoms with van der Waals surface area (Å²) in [6.07, 6.45) is 0.449. The van der Waals surface area contributed by atoms with E-state index in [0.29, 0.717) is 12.0 Å². The number of hydrogen-bond donors (Lipinski definition) is 0. The molecule has 1 aromatic carbocycles. The van der Waals surface area contributed by atoms with E-state index in [4.69, 9.17) is 0 Å². The van der Waals surface area contributed by atoms with E-state index in [0.717, 1.165) is 12.1 Å². The molecule has 0 saturated carbocycles. The molecule has 0 amide bonds. The minimum atomic E-state index is -0.405. The maximum atomic E-state index is 13.2. The second kappa shape index (κ2) is 4.76. The molecule has 0 saturated heterocycles. The zero-order valence-corrected chi connectivity index (χ0v) is 8.27. The Hall–Kier alpha value is -1.36. The Kier molecular flexibility index (Phi) is 3.64. The largest absolute Gasteiger partial charge is 0.207 e. The van der Waals surface area contributed by atoms with E-state index in [1.54, 1.807) is 6.92 Å². The van der Waals surface area contributed by atoms with Gasteiger partial charge in [-0.3, -0.25) is 0 Å². The fourth-order valence-electron chi connectivity index (χ4n) is 1.33. The Morgan fingerprint density at radius 2 is 2.07 bits per heavy atom. The SMILES string of the molecule is CC#CC(C)Cc1cc(F)ccc1F. The van der Waals surface area contributed by atoms with Crippen LogP contribution in [0.25, 0.3) is 0 Å². The van der Waals surface area contributed by atoms with Gasteiger partial charge in [0.05, 0.1) is 0 Å². The van der Waals surface area contributed by atoms with E-state index in [9.17, 15) is 8.78 Å². The molecule has 0 aliphatic rings. The predicted molar refractivity (Wildman–Crippen MR) is 52.7 cm³/mol. The summed E-state index contributed by atoms with van der Waals surface area (Å²) in [6.45, 7) is 3.62. The fourth-order valence-corrected chi connectivity index (χ4v) is 1.33. The molecule has 1 unspecified atom stereocenters. The van der Waals surface area contributed by atoms with Crippen LogP contribution in [0.3, 0.4) is 0 Å². The molecule has 0 aromatic heterocycles. The quantitative estimate of drug-likeness (QED) is 0.634. The van der Waals surface area contributed by atoms with Crippen molar-refractivity contribution >= 4 is 0 Å². The first-order valence-corrected chi connectivity index (χ1v) is 4.49. The van der Waals surface area contributed by atoms with Crippen LogP contribution in [0, 0.1) is 29.4 Å². The highest BCUT2D eigenvalue weighted by Crippen LogP contribution is 2.14.